The summed E-state index contributed by atoms with van der Waals surface area (Å²) in [6.45, 7) is 9.94. The molecule has 3 rings (SSSR count). The molecule has 8 heteroatoms. The Morgan fingerprint density at radius 1 is 1.17 bits per heavy atom. The normalized spacial score (nSPS) is 17.6. The van der Waals surface area contributed by atoms with Gasteiger partial charge in [0.1, 0.15) is 0 Å². The molecule has 2 fully saturated rings. The third-order valence-corrected chi connectivity index (χ3v) is 5.26. The van der Waals surface area contributed by atoms with E-state index in [0.717, 1.165) is 68.6 Å². The zero-order chi connectivity index (χ0) is 21.3. The van der Waals surface area contributed by atoms with Crippen molar-refractivity contribution in [3.05, 3.63) is 23.8 Å². The van der Waals surface area contributed by atoms with E-state index in [2.05, 4.69) is 27.4 Å². The number of hydrogen-bond acceptors (Lipinski definition) is 5. The fourth-order valence-electron chi connectivity index (χ4n) is 3.50. The van der Waals surface area contributed by atoms with Gasteiger partial charge < -0.3 is 25.0 Å². The van der Waals surface area contributed by atoms with Crippen LogP contribution < -0.4 is 20.1 Å². The average molecular weight is 418 g/mol. The van der Waals surface area contributed by atoms with Gasteiger partial charge in [0.2, 0.25) is 5.91 Å². The van der Waals surface area contributed by atoms with Crippen molar-refractivity contribution in [3.8, 4) is 11.5 Å². The maximum atomic E-state index is 12.0. The second-order valence-electron chi connectivity index (χ2n) is 7.69. The summed E-state index contributed by atoms with van der Waals surface area (Å²) in [5, 5.41) is 6.46. The summed E-state index contributed by atoms with van der Waals surface area (Å²) in [7, 11) is 1.65. The van der Waals surface area contributed by atoms with E-state index in [9.17, 15) is 4.79 Å². The van der Waals surface area contributed by atoms with Gasteiger partial charge in [-0.1, -0.05) is 6.07 Å². The molecular weight excluding hydrogens is 382 g/mol. The van der Waals surface area contributed by atoms with Gasteiger partial charge in [-0.25, -0.2) is 4.99 Å². The van der Waals surface area contributed by atoms with Gasteiger partial charge in [-0.15, -0.1) is 0 Å². The van der Waals surface area contributed by atoms with Gasteiger partial charge in [0.05, 0.1) is 26.8 Å². The molecule has 2 aliphatic rings. The van der Waals surface area contributed by atoms with Crippen molar-refractivity contribution in [1.29, 1.82) is 0 Å². The lowest BCUT2D eigenvalue weighted by atomic mass is 10.2. The molecule has 1 aromatic rings. The monoisotopic (exact) mass is 417 g/mol. The first kappa shape index (κ1) is 22.2. The highest BCUT2D eigenvalue weighted by Gasteiger charge is 2.25. The van der Waals surface area contributed by atoms with Crippen molar-refractivity contribution in [2.75, 3.05) is 53.0 Å². The number of guanidine groups is 1. The number of amides is 1. The van der Waals surface area contributed by atoms with E-state index < -0.39 is 0 Å². The van der Waals surface area contributed by atoms with E-state index in [1.807, 2.05) is 25.1 Å². The third kappa shape index (κ3) is 6.52. The van der Waals surface area contributed by atoms with Crippen molar-refractivity contribution >= 4 is 11.9 Å². The highest BCUT2D eigenvalue weighted by atomic mass is 16.5. The van der Waals surface area contributed by atoms with Gasteiger partial charge in [0.15, 0.2) is 17.5 Å². The minimum absolute atomic E-state index is 0.149. The topological polar surface area (TPSA) is 78.4 Å². The molecule has 0 bridgehead atoms. The molecule has 1 aliphatic heterocycles. The molecule has 1 aromatic carbocycles. The van der Waals surface area contributed by atoms with Crippen molar-refractivity contribution in [3.63, 3.8) is 0 Å². The quantitative estimate of drug-likeness (QED) is 0.468. The molecule has 1 aliphatic carbocycles. The maximum Gasteiger partial charge on any atom is 0.234 e. The number of benzene rings is 1. The fraction of sp³-hybridized carbons (Fsp3) is 0.636. The van der Waals surface area contributed by atoms with Gasteiger partial charge >= 0.3 is 0 Å². The summed E-state index contributed by atoms with van der Waals surface area (Å²) in [5.41, 5.74) is 1.07. The largest absolute Gasteiger partial charge is 0.493 e. The van der Waals surface area contributed by atoms with Crippen molar-refractivity contribution < 1.29 is 14.3 Å². The lowest BCUT2D eigenvalue weighted by Crippen LogP contribution is -2.54. The molecule has 0 radical (unpaired) electrons. The van der Waals surface area contributed by atoms with Gasteiger partial charge in [0.25, 0.3) is 0 Å². The molecule has 0 spiro atoms. The highest BCUT2D eigenvalue weighted by Crippen LogP contribution is 2.28. The van der Waals surface area contributed by atoms with E-state index in [0.29, 0.717) is 25.7 Å². The first-order valence-corrected chi connectivity index (χ1v) is 11.0. The Morgan fingerprint density at radius 2 is 1.93 bits per heavy atom. The number of methoxy groups -OCH3 is 1. The van der Waals surface area contributed by atoms with E-state index in [-0.39, 0.29) is 5.91 Å². The van der Waals surface area contributed by atoms with E-state index >= 15 is 0 Å². The number of hydrogen-bond donors (Lipinski definition) is 2. The highest BCUT2D eigenvalue weighted by molar-refractivity contribution is 5.80. The summed E-state index contributed by atoms with van der Waals surface area (Å²) in [5.74, 6) is 2.54. The molecular formula is C22H35N5O3. The van der Waals surface area contributed by atoms with Gasteiger partial charge in [0, 0.05) is 38.8 Å². The van der Waals surface area contributed by atoms with E-state index in [1.54, 1.807) is 7.11 Å². The van der Waals surface area contributed by atoms with Crippen LogP contribution >= 0.6 is 0 Å². The Kier molecular flexibility index (Phi) is 8.19. The van der Waals surface area contributed by atoms with Gasteiger partial charge in [-0.05, 0) is 44.4 Å². The Labute approximate surface area is 179 Å². The third-order valence-electron chi connectivity index (χ3n) is 5.26. The van der Waals surface area contributed by atoms with Gasteiger partial charge in [-0.3, -0.25) is 9.69 Å². The van der Waals surface area contributed by atoms with Crippen LogP contribution in [-0.2, 0) is 11.3 Å². The van der Waals surface area contributed by atoms with E-state index in [4.69, 9.17) is 14.5 Å². The van der Waals surface area contributed by atoms with Crippen LogP contribution in [0.1, 0.15) is 32.3 Å². The Balaban J connectivity index is 1.55. The van der Waals surface area contributed by atoms with Crippen LogP contribution in [0.2, 0.25) is 0 Å². The van der Waals surface area contributed by atoms with Crippen LogP contribution in [0.3, 0.4) is 0 Å². The predicted molar refractivity (Wildman–Crippen MR) is 118 cm³/mol. The van der Waals surface area contributed by atoms with Crippen LogP contribution in [0.4, 0.5) is 0 Å². The summed E-state index contributed by atoms with van der Waals surface area (Å²) >= 11 is 0. The Morgan fingerprint density at radius 3 is 2.57 bits per heavy atom. The predicted octanol–water partition coefficient (Wildman–Crippen LogP) is 1.46. The standard InChI is InChI=1S/C22H35N5O3/c1-4-23-22(24-15-17-6-9-19(29-3)20(14-17)30-5-2)27-12-10-26(11-13-27)16-21(28)25-18-7-8-18/h6,9,14,18H,4-5,7-8,10-13,15-16H2,1-3H3,(H,23,24)(H,25,28). The molecule has 1 heterocycles. The summed E-state index contributed by atoms with van der Waals surface area (Å²) in [6, 6.07) is 6.36. The lowest BCUT2D eigenvalue weighted by molar-refractivity contribution is -0.122. The molecule has 1 saturated carbocycles. The molecule has 0 unspecified atom stereocenters. The zero-order valence-electron chi connectivity index (χ0n) is 18.4. The second-order valence-corrected chi connectivity index (χ2v) is 7.69. The number of rotatable bonds is 9. The first-order valence-electron chi connectivity index (χ1n) is 11.0. The van der Waals surface area contributed by atoms with Gasteiger partial charge in [-0.2, -0.15) is 0 Å². The number of carbonyl (C=O) groups is 1. The number of piperazine rings is 1. The molecule has 30 heavy (non-hydrogen) atoms. The van der Waals surface area contributed by atoms with Crippen molar-refractivity contribution in [1.82, 2.24) is 20.4 Å². The molecule has 2 N–H and O–H groups in total. The van der Waals surface area contributed by atoms with Crippen molar-refractivity contribution in [2.24, 2.45) is 4.99 Å². The Bertz CT molecular complexity index is 727. The minimum atomic E-state index is 0.149. The summed E-state index contributed by atoms with van der Waals surface area (Å²) < 4.78 is 11.0. The molecule has 1 amide bonds. The SMILES string of the molecule is CCNC(=NCc1ccc(OC)c(OCC)c1)N1CCN(CC(=O)NC2CC2)CC1. The Hall–Kier alpha value is -2.48. The van der Waals surface area contributed by atoms with Crippen molar-refractivity contribution in [2.45, 2.75) is 39.3 Å². The maximum absolute atomic E-state index is 12.0. The van der Waals surface area contributed by atoms with Crippen LogP contribution in [0.5, 0.6) is 11.5 Å². The number of ether oxygens (including phenoxy) is 2. The van der Waals surface area contributed by atoms with Crippen LogP contribution in [0.15, 0.2) is 23.2 Å². The molecule has 166 valence electrons. The van der Waals surface area contributed by atoms with Crippen LogP contribution in [0.25, 0.3) is 0 Å². The fourth-order valence-corrected chi connectivity index (χ4v) is 3.50. The second kappa shape index (κ2) is 11.1. The lowest BCUT2D eigenvalue weighted by Gasteiger charge is -2.36. The number of nitrogens with one attached hydrogen (secondary N) is 2. The summed E-state index contributed by atoms with van der Waals surface area (Å²) in [4.78, 5) is 21.4. The molecule has 1 saturated heterocycles. The number of aliphatic imine (C=N–C) groups is 1. The number of carbonyl (C=O) groups excluding carboxylic acids is 1. The van der Waals surface area contributed by atoms with Crippen LogP contribution in [0, 0.1) is 0 Å². The smallest absolute Gasteiger partial charge is 0.234 e. The van der Waals surface area contributed by atoms with E-state index in [1.165, 1.54) is 0 Å². The average Bonchev–Trinajstić information content (AvgIpc) is 3.56. The molecule has 0 aromatic heterocycles. The number of nitrogens with zero attached hydrogens (tertiary/aromatic N) is 3. The minimum Gasteiger partial charge on any atom is -0.493 e. The molecule has 8 nitrogen and oxygen atoms in total. The molecule has 0 atom stereocenters. The first-order chi connectivity index (χ1) is 14.6. The summed E-state index contributed by atoms with van der Waals surface area (Å²) in [6.07, 6.45) is 2.25. The zero-order valence-corrected chi connectivity index (χ0v) is 18.4. The van der Waals surface area contributed by atoms with Crippen LogP contribution in [-0.4, -0.2) is 80.7 Å².